The van der Waals surface area contributed by atoms with Gasteiger partial charge >= 0.3 is 0 Å². The molecule has 0 unspecified atom stereocenters. The molecule has 1 saturated heterocycles. The van der Waals surface area contributed by atoms with Crippen LogP contribution < -0.4 is 9.64 Å². The van der Waals surface area contributed by atoms with Gasteiger partial charge < -0.3 is 14.4 Å². The number of anilines is 1. The van der Waals surface area contributed by atoms with E-state index in [-0.39, 0.29) is 17.2 Å². The topological polar surface area (TPSA) is 98.7 Å². The summed E-state index contributed by atoms with van der Waals surface area (Å²) in [5.41, 5.74) is 4.88. The van der Waals surface area contributed by atoms with Crippen molar-refractivity contribution in [3.8, 4) is 17.0 Å². The molecule has 4 rings (SSSR count). The van der Waals surface area contributed by atoms with Crippen molar-refractivity contribution < 1.29 is 22.7 Å². The van der Waals surface area contributed by atoms with Gasteiger partial charge in [0.25, 0.3) is 0 Å². The van der Waals surface area contributed by atoms with Gasteiger partial charge in [-0.05, 0) is 54.8 Å². The predicted molar refractivity (Wildman–Crippen MR) is 134 cm³/mol. The van der Waals surface area contributed by atoms with Crippen LogP contribution in [0.25, 0.3) is 11.1 Å². The highest BCUT2D eigenvalue weighted by atomic mass is 32.2. The van der Waals surface area contributed by atoms with Crippen LogP contribution in [0.3, 0.4) is 0 Å². The first-order valence-electron chi connectivity index (χ1n) is 11.5. The predicted octanol–water partition coefficient (Wildman–Crippen LogP) is 3.52. The van der Waals surface area contributed by atoms with Crippen molar-refractivity contribution in [2.75, 3.05) is 44.1 Å². The molecule has 0 aliphatic carbocycles. The number of carbonyl (C=O) groups excluding carboxylic acids is 1. The maximum Gasteiger partial charge on any atom is 0.237 e. The second kappa shape index (κ2) is 10.5. The van der Waals surface area contributed by atoms with Gasteiger partial charge in [-0.3, -0.25) is 4.79 Å². The number of rotatable bonds is 8. The molecule has 0 spiro atoms. The Morgan fingerprint density at radius 3 is 2.60 bits per heavy atom. The zero-order chi connectivity index (χ0) is 25.0. The minimum absolute atomic E-state index is 0.0384. The van der Waals surface area contributed by atoms with Crippen LogP contribution >= 0.6 is 0 Å². The van der Waals surface area contributed by atoms with E-state index in [0.717, 1.165) is 41.7 Å². The number of sulfone groups is 1. The molecule has 1 aliphatic rings. The molecule has 2 aromatic heterocycles. The molecule has 3 aromatic rings. The third-order valence-corrected chi connectivity index (χ3v) is 6.86. The number of benzene rings is 1. The maximum absolute atomic E-state index is 13.1. The van der Waals surface area contributed by atoms with Crippen molar-refractivity contribution >= 4 is 21.3 Å². The Bertz CT molecular complexity index is 1330. The Balaban J connectivity index is 1.65. The highest BCUT2D eigenvalue weighted by Gasteiger charge is 2.19. The average Bonchev–Trinajstić information content (AvgIpc) is 2.85. The first-order valence-corrected chi connectivity index (χ1v) is 13.4. The summed E-state index contributed by atoms with van der Waals surface area (Å²) in [6, 6.07) is 10.8. The van der Waals surface area contributed by atoms with Crippen LogP contribution in [0.2, 0.25) is 0 Å². The normalized spacial score (nSPS) is 14.1. The zero-order valence-electron chi connectivity index (χ0n) is 20.2. The van der Waals surface area contributed by atoms with Gasteiger partial charge in [0, 0.05) is 49.3 Å². The monoisotopic (exact) mass is 495 g/mol. The van der Waals surface area contributed by atoms with Crippen LogP contribution in [0.5, 0.6) is 5.88 Å². The van der Waals surface area contributed by atoms with E-state index in [1.54, 1.807) is 18.3 Å². The Morgan fingerprint density at radius 2 is 1.89 bits per heavy atom. The number of morpholine rings is 1. The van der Waals surface area contributed by atoms with Gasteiger partial charge in [0.05, 0.1) is 19.8 Å². The van der Waals surface area contributed by atoms with Crippen molar-refractivity contribution in [2.24, 2.45) is 0 Å². The molecular formula is C26H29N3O5S. The lowest BCUT2D eigenvalue weighted by Crippen LogP contribution is -2.36. The summed E-state index contributed by atoms with van der Waals surface area (Å²) in [7, 11) is -3.45. The first kappa shape index (κ1) is 24.8. The minimum Gasteiger partial charge on any atom is -0.476 e. The molecule has 184 valence electrons. The largest absolute Gasteiger partial charge is 0.476 e. The number of hydrogen-bond donors (Lipinski definition) is 0. The summed E-state index contributed by atoms with van der Waals surface area (Å²) in [6.07, 6.45) is 4.36. The summed E-state index contributed by atoms with van der Waals surface area (Å²) in [5.74, 6) is 0.478. The van der Waals surface area contributed by atoms with Crippen LogP contribution in [0, 0.1) is 6.92 Å². The number of hydrogen-bond acceptors (Lipinski definition) is 8. The fourth-order valence-corrected chi connectivity index (χ4v) is 4.64. The maximum atomic E-state index is 13.1. The number of pyridine rings is 2. The van der Waals surface area contributed by atoms with Crippen molar-refractivity contribution in [1.29, 1.82) is 0 Å². The second-order valence-corrected chi connectivity index (χ2v) is 10.4. The SMILES string of the molecule is CCOc1ncc(-c2cc(C(=O)Cc3ccnc(S(C)(=O)=O)c3)ccc2C)cc1N1CCOCC1. The Morgan fingerprint density at radius 1 is 1.11 bits per heavy atom. The number of aryl methyl sites for hydroxylation is 1. The fourth-order valence-electron chi connectivity index (χ4n) is 4.02. The molecule has 1 aromatic carbocycles. The van der Waals surface area contributed by atoms with Crippen LogP contribution in [-0.2, 0) is 21.0 Å². The Labute approximate surface area is 205 Å². The third-order valence-electron chi connectivity index (χ3n) is 5.88. The minimum atomic E-state index is -3.45. The number of ketones is 1. The Kier molecular flexibility index (Phi) is 7.47. The van der Waals surface area contributed by atoms with Crippen molar-refractivity contribution in [3.63, 3.8) is 0 Å². The van der Waals surface area contributed by atoms with E-state index in [2.05, 4.69) is 20.9 Å². The summed E-state index contributed by atoms with van der Waals surface area (Å²) < 4.78 is 34.9. The molecule has 0 radical (unpaired) electrons. The number of carbonyl (C=O) groups is 1. The summed E-state index contributed by atoms with van der Waals surface area (Å²) in [4.78, 5) is 23.8. The van der Waals surface area contributed by atoms with Gasteiger partial charge in [-0.1, -0.05) is 12.1 Å². The van der Waals surface area contributed by atoms with Crippen LogP contribution in [0.15, 0.2) is 53.8 Å². The molecule has 0 N–H and O–H groups in total. The number of ether oxygens (including phenoxy) is 2. The lowest BCUT2D eigenvalue weighted by Gasteiger charge is -2.30. The number of aromatic nitrogens is 2. The van der Waals surface area contributed by atoms with Crippen molar-refractivity contribution in [2.45, 2.75) is 25.3 Å². The molecule has 0 atom stereocenters. The van der Waals surface area contributed by atoms with E-state index in [4.69, 9.17) is 9.47 Å². The molecule has 0 bridgehead atoms. The number of nitrogens with zero attached hydrogens (tertiary/aromatic N) is 3. The van der Waals surface area contributed by atoms with Gasteiger partial charge in [0.15, 0.2) is 20.6 Å². The van der Waals surface area contributed by atoms with E-state index in [9.17, 15) is 13.2 Å². The van der Waals surface area contributed by atoms with Gasteiger partial charge in [0.2, 0.25) is 5.88 Å². The molecular weight excluding hydrogens is 466 g/mol. The van der Waals surface area contributed by atoms with E-state index in [1.165, 1.54) is 12.3 Å². The summed E-state index contributed by atoms with van der Waals surface area (Å²) >= 11 is 0. The van der Waals surface area contributed by atoms with Gasteiger partial charge in [-0.2, -0.15) is 0 Å². The van der Waals surface area contributed by atoms with Crippen LogP contribution in [-0.4, -0.2) is 63.3 Å². The van der Waals surface area contributed by atoms with Gasteiger partial charge in [-0.15, -0.1) is 0 Å². The number of Topliss-reactive ketones (excluding diaryl/α,β-unsaturated/α-hetero) is 1. The van der Waals surface area contributed by atoms with E-state index in [1.807, 2.05) is 26.0 Å². The highest BCUT2D eigenvalue weighted by molar-refractivity contribution is 7.90. The molecule has 0 amide bonds. The molecule has 35 heavy (non-hydrogen) atoms. The van der Waals surface area contributed by atoms with Crippen LogP contribution in [0.4, 0.5) is 5.69 Å². The molecule has 9 heteroatoms. The smallest absolute Gasteiger partial charge is 0.237 e. The first-order chi connectivity index (χ1) is 16.8. The lowest BCUT2D eigenvalue weighted by molar-refractivity contribution is 0.0993. The zero-order valence-corrected chi connectivity index (χ0v) is 21.0. The molecule has 1 aliphatic heterocycles. The van der Waals surface area contributed by atoms with Gasteiger partial charge in [-0.25, -0.2) is 18.4 Å². The summed E-state index contributed by atoms with van der Waals surface area (Å²) in [5, 5.41) is -0.0384. The second-order valence-electron chi connectivity index (χ2n) is 8.48. The van der Waals surface area contributed by atoms with Crippen molar-refractivity contribution in [1.82, 2.24) is 9.97 Å². The van der Waals surface area contributed by atoms with Crippen molar-refractivity contribution in [3.05, 3.63) is 65.5 Å². The molecule has 0 saturated carbocycles. The Hall–Kier alpha value is -3.30. The molecule has 1 fully saturated rings. The van der Waals surface area contributed by atoms with E-state index >= 15 is 0 Å². The third kappa shape index (κ3) is 5.86. The van der Waals surface area contributed by atoms with E-state index < -0.39 is 9.84 Å². The fraction of sp³-hybridized carbons (Fsp3) is 0.346. The van der Waals surface area contributed by atoms with Gasteiger partial charge in [0.1, 0.15) is 5.69 Å². The lowest BCUT2D eigenvalue weighted by atomic mass is 9.95. The highest BCUT2D eigenvalue weighted by Crippen LogP contribution is 2.33. The van der Waals surface area contributed by atoms with Crippen LogP contribution in [0.1, 0.15) is 28.4 Å². The molecule has 3 heterocycles. The van der Waals surface area contributed by atoms with E-state index in [0.29, 0.717) is 36.8 Å². The molecule has 8 nitrogen and oxygen atoms in total. The standard InChI is InChI=1S/C26H29N3O5S/c1-4-34-26-23(29-9-11-33-12-10-29)16-21(17-28-26)22-15-20(6-5-18(22)2)24(30)13-19-7-8-27-25(14-19)35(3,31)32/h5-8,14-17H,4,9-13H2,1-3H3. The summed E-state index contributed by atoms with van der Waals surface area (Å²) in [6.45, 7) is 7.25. The average molecular weight is 496 g/mol. The quantitative estimate of drug-likeness (QED) is 0.438.